The van der Waals surface area contributed by atoms with Crippen molar-refractivity contribution in [2.24, 2.45) is 0 Å². The average Bonchev–Trinajstić information content (AvgIpc) is 2.57. The van der Waals surface area contributed by atoms with Gasteiger partial charge in [-0.2, -0.15) is 0 Å². The minimum absolute atomic E-state index is 0.285. The van der Waals surface area contributed by atoms with E-state index in [4.69, 9.17) is 21.1 Å². The lowest BCUT2D eigenvalue weighted by atomic mass is 10.2. The Kier molecular flexibility index (Phi) is 6.44. The highest BCUT2D eigenvalue weighted by Crippen LogP contribution is 2.16. The summed E-state index contributed by atoms with van der Waals surface area (Å²) in [6, 6.07) is 16.1. The molecule has 0 spiro atoms. The molecular formula is C17H16ClNO4. The van der Waals surface area contributed by atoms with Crippen molar-refractivity contribution in [1.82, 2.24) is 5.32 Å². The quantitative estimate of drug-likeness (QED) is 0.791. The van der Waals surface area contributed by atoms with Gasteiger partial charge in [-0.25, -0.2) is 4.79 Å². The van der Waals surface area contributed by atoms with Crippen molar-refractivity contribution in [2.75, 3.05) is 13.2 Å². The molecule has 2 aromatic carbocycles. The molecular weight excluding hydrogens is 318 g/mol. The number of carbonyl (C=O) groups excluding carboxylic acids is 2. The molecule has 1 amide bonds. The van der Waals surface area contributed by atoms with Crippen LogP contribution in [0.4, 0.5) is 0 Å². The van der Waals surface area contributed by atoms with Gasteiger partial charge in [-0.1, -0.05) is 48.0 Å². The maximum atomic E-state index is 11.6. The van der Waals surface area contributed by atoms with Crippen LogP contribution in [0.5, 0.6) is 5.75 Å². The van der Waals surface area contributed by atoms with Gasteiger partial charge in [-0.3, -0.25) is 4.79 Å². The molecule has 2 rings (SSSR count). The Morgan fingerprint density at radius 3 is 2.52 bits per heavy atom. The van der Waals surface area contributed by atoms with Crippen molar-refractivity contribution < 1.29 is 19.1 Å². The first-order chi connectivity index (χ1) is 11.1. The molecule has 0 aliphatic rings. The Morgan fingerprint density at radius 1 is 1.00 bits per heavy atom. The van der Waals surface area contributed by atoms with Crippen LogP contribution in [0.3, 0.4) is 0 Å². The van der Waals surface area contributed by atoms with Crippen molar-refractivity contribution in [3.05, 3.63) is 65.2 Å². The van der Waals surface area contributed by atoms with E-state index in [9.17, 15) is 9.59 Å². The molecule has 0 fully saturated rings. The molecule has 0 saturated heterocycles. The summed E-state index contributed by atoms with van der Waals surface area (Å²) in [7, 11) is 0. The van der Waals surface area contributed by atoms with Gasteiger partial charge in [-0.05, 0) is 23.8 Å². The van der Waals surface area contributed by atoms with Crippen molar-refractivity contribution in [3.63, 3.8) is 0 Å². The number of esters is 1. The lowest BCUT2D eigenvalue weighted by molar-refractivity contribution is -0.150. The highest BCUT2D eigenvalue weighted by Gasteiger charge is 2.08. The normalized spacial score (nSPS) is 9.96. The predicted molar refractivity (Wildman–Crippen MR) is 86.2 cm³/mol. The fourth-order valence-electron chi connectivity index (χ4n) is 1.73. The molecule has 23 heavy (non-hydrogen) atoms. The topological polar surface area (TPSA) is 64.6 Å². The molecule has 0 unspecified atom stereocenters. The standard InChI is InChI=1S/C17H16ClNO4/c18-14-7-4-8-15(9-14)22-12-17(21)23-11-16(20)19-10-13-5-2-1-3-6-13/h1-9H,10-12H2,(H,19,20). The largest absolute Gasteiger partial charge is 0.482 e. The third kappa shape index (κ3) is 6.40. The summed E-state index contributed by atoms with van der Waals surface area (Å²) < 4.78 is 10.1. The van der Waals surface area contributed by atoms with Crippen LogP contribution in [0.15, 0.2) is 54.6 Å². The zero-order valence-corrected chi connectivity index (χ0v) is 13.1. The number of rotatable bonds is 7. The fraction of sp³-hybridized carbons (Fsp3) is 0.176. The molecule has 0 atom stereocenters. The van der Waals surface area contributed by atoms with Crippen molar-refractivity contribution in [2.45, 2.75) is 6.54 Å². The minimum Gasteiger partial charge on any atom is -0.482 e. The maximum Gasteiger partial charge on any atom is 0.344 e. The van der Waals surface area contributed by atoms with Crippen LogP contribution in [-0.4, -0.2) is 25.1 Å². The molecule has 0 aromatic heterocycles. The van der Waals surface area contributed by atoms with E-state index in [1.54, 1.807) is 24.3 Å². The van der Waals surface area contributed by atoms with Gasteiger partial charge < -0.3 is 14.8 Å². The monoisotopic (exact) mass is 333 g/mol. The Hall–Kier alpha value is -2.53. The van der Waals surface area contributed by atoms with E-state index in [0.29, 0.717) is 17.3 Å². The van der Waals surface area contributed by atoms with Gasteiger partial charge in [0.05, 0.1) is 0 Å². The molecule has 1 N–H and O–H groups in total. The highest BCUT2D eigenvalue weighted by molar-refractivity contribution is 6.30. The lowest BCUT2D eigenvalue weighted by Crippen LogP contribution is -2.29. The Balaban J connectivity index is 1.64. The Morgan fingerprint density at radius 2 is 1.78 bits per heavy atom. The smallest absolute Gasteiger partial charge is 0.344 e. The second-order valence-electron chi connectivity index (χ2n) is 4.67. The van der Waals surface area contributed by atoms with E-state index in [0.717, 1.165) is 5.56 Å². The molecule has 2 aromatic rings. The van der Waals surface area contributed by atoms with Crippen molar-refractivity contribution >= 4 is 23.5 Å². The van der Waals surface area contributed by atoms with E-state index in [2.05, 4.69) is 5.32 Å². The second kappa shape index (κ2) is 8.80. The number of ether oxygens (including phenoxy) is 2. The Labute approximate surface area is 139 Å². The van der Waals surface area contributed by atoms with Crippen LogP contribution in [0.1, 0.15) is 5.56 Å². The molecule has 0 aliphatic heterocycles. The molecule has 5 nitrogen and oxygen atoms in total. The summed E-state index contributed by atoms with van der Waals surface area (Å²) in [5, 5.41) is 3.17. The second-order valence-corrected chi connectivity index (χ2v) is 5.11. The fourth-order valence-corrected chi connectivity index (χ4v) is 1.91. The number of halogens is 1. The summed E-state index contributed by atoms with van der Waals surface area (Å²) >= 11 is 5.80. The number of hydrogen-bond acceptors (Lipinski definition) is 4. The molecule has 0 aliphatic carbocycles. The van der Waals surface area contributed by atoms with Crippen LogP contribution in [-0.2, 0) is 20.9 Å². The summed E-state index contributed by atoms with van der Waals surface area (Å²) in [6.07, 6.45) is 0. The molecule has 120 valence electrons. The first-order valence-electron chi connectivity index (χ1n) is 6.98. The van der Waals surface area contributed by atoms with Crippen LogP contribution >= 0.6 is 11.6 Å². The van der Waals surface area contributed by atoms with Gasteiger partial charge in [0.25, 0.3) is 5.91 Å². The van der Waals surface area contributed by atoms with Gasteiger partial charge in [0.1, 0.15) is 5.75 Å². The van der Waals surface area contributed by atoms with Crippen LogP contribution in [0.2, 0.25) is 5.02 Å². The molecule has 0 radical (unpaired) electrons. The van der Waals surface area contributed by atoms with E-state index in [1.165, 1.54) is 0 Å². The summed E-state index contributed by atoms with van der Waals surface area (Å²) in [5.74, 6) is -0.534. The van der Waals surface area contributed by atoms with Crippen molar-refractivity contribution in [1.29, 1.82) is 0 Å². The first-order valence-corrected chi connectivity index (χ1v) is 7.36. The molecule has 6 heteroatoms. The zero-order chi connectivity index (χ0) is 16.5. The lowest BCUT2D eigenvalue weighted by Gasteiger charge is -2.08. The number of benzene rings is 2. The highest BCUT2D eigenvalue weighted by atomic mass is 35.5. The van der Waals surface area contributed by atoms with Crippen LogP contribution in [0.25, 0.3) is 0 Å². The van der Waals surface area contributed by atoms with E-state index < -0.39 is 5.97 Å². The van der Waals surface area contributed by atoms with Crippen molar-refractivity contribution in [3.8, 4) is 5.75 Å². The summed E-state index contributed by atoms with van der Waals surface area (Å²) in [4.78, 5) is 23.1. The van der Waals surface area contributed by atoms with Gasteiger partial charge in [0.15, 0.2) is 13.2 Å². The number of hydrogen-bond donors (Lipinski definition) is 1. The van der Waals surface area contributed by atoms with Gasteiger partial charge in [0.2, 0.25) is 0 Å². The van der Waals surface area contributed by atoms with Crippen LogP contribution < -0.4 is 10.1 Å². The number of carbonyl (C=O) groups is 2. The maximum absolute atomic E-state index is 11.6. The van der Waals surface area contributed by atoms with E-state index in [1.807, 2.05) is 30.3 Å². The van der Waals surface area contributed by atoms with E-state index >= 15 is 0 Å². The average molecular weight is 334 g/mol. The van der Waals surface area contributed by atoms with E-state index in [-0.39, 0.29) is 19.1 Å². The number of amides is 1. The molecule has 0 bridgehead atoms. The first kappa shape index (κ1) is 16.8. The van der Waals surface area contributed by atoms with Crippen LogP contribution in [0, 0.1) is 0 Å². The Bertz CT molecular complexity index is 661. The molecule has 0 saturated carbocycles. The third-order valence-electron chi connectivity index (χ3n) is 2.85. The summed E-state index contributed by atoms with van der Waals surface area (Å²) in [6.45, 7) is -0.243. The zero-order valence-electron chi connectivity index (χ0n) is 12.3. The SMILES string of the molecule is O=C(COC(=O)COc1cccc(Cl)c1)NCc1ccccc1. The van der Waals surface area contributed by atoms with Gasteiger partial charge in [-0.15, -0.1) is 0 Å². The van der Waals surface area contributed by atoms with Gasteiger partial charge >= 0.3 is 5.97 Å². The minimum atomic E-state index is -0.625. The predicted octanol–water partition coefficient (Wildman–Crippen LogP) is 2.58. The number of nitrogens with one attached hydrogen (secondary N) is 1. The molecule has 0 heterocycles. The van der Waals surface area contributed by atoms with Gasteiger partial charge in [0, 0.05) is 11.6 Å². The summed E-state index contributed by atoms with van der Waals surface area (Å²) in [5.41, 5.74) is 0.969. The third-order valence-corrected chi connectivity index (χ3v) is 3.08.